The van der Waals surface area contributed by atoms with E-state index < -0.39 is 5.91 Å². The number of carbonyl (C=O) groups excluding carboxylic acids is 1. The second-order valence-corrected chi connectivity index (χ2v) is 8.86. The Bertz CT molecular complexity index is 683. The summed E-state index contributed by atoms with van der Waals surface area (Å²) in [5.74, 6) is 2.06. The summed E-state index contributed by atoms with van der Waals surface area (Å²) < 4.78 is 0. The standard InChI is InChI=1S/C21H33N5O2/c22-19(28)17-12-23-21(24-14-8-10-15(27)11-9-14)26-20(17)25-18-7-3-6-16(18)13-4-1-2-5-13/h12-16,18,27H,1-11H2,(H2,22,28)(H2,23,24,25,26). The zero-order valence-corrected chi connectivity index (χ0v) is 16.6. The number of carbonyl (C=O) groups is 1. The summed E-state index contributed by atoms with van der Waals surface area (Å²) in [7, 11) is 0. The molecule has 1 amide bonds. The number of anilines is 2. The minimum Gasteiger partial charge on any atom is -0.393 e. The topological polar surface area (TPSA) is 113 Å². The molecule has 2 atom stereocenters. The van der Waals surface area contributed by atoms with Gasteiger partial charge in [0.25, 0.3) is 5.91 Å². The maximum absolute atomic E-state index is 11.9. The van der Waals surface area contributed by atoms with Crippen molar-refractivity contribution in [2.75, 3.05) is 10.6 Å². The third kappa shape index (κ3) is 4.40. The number of aromatic nitrogens is 2. The van der Waals surface area contributed by atoms with Crippen molar-refractivity contribution in [2.45, 2.75) is 88.8 Å². The number of amides is 1. The number of hydrogen-bond acceptors (Lipinski definition) is 6. The first-order valence-corrected chi connectivity index (χ1v) is 11.0. The summed E-state index contributed by atoms with van der Waals surface area (Å²) in [5, 5.41) is 16.6. The summed E-state index contributed by atoms with van der Waals surface area (Å²) in [4.78, 5) is 20.9. The molecule has 28 heavy (non-hydrogen) atoms. The summed E-state index contributed by atoms with van der Waals surface area (Å²) in [6.45, 7) is 0. The zero-order chi connectivity index (χ0) is 19.5. The smallest absolute Gasteiger partial charge is 0.254 e. The maximum Gasteiger partial charge on any atom is 0.254 e. The fourth-order valence-corrected chi connectivity index (χ4v) is 5.44. The van der Waals surface area contributed by atoms with E-state index in [1.807, 2.05) is 0 Å². The monoisotopic (exact) mass is 387 g/mol. The van der Waals surface area contributed by atoms with Gasteiger partial charge in [0.2, 0.25) is 5.95 Å². The Morgan fingerprint density at radius 1 is 1.00 bits per heavy atom. The number of nitrogens with one attached hydrogen (secondary N) is 2. The average Bonchev–Trinajstić information content (AvgIpc) is 3.35. The van der Waals surface area contributed by atoms with Crippen LogP contribution < -0.4 is 16.4 Å². The molecule has 5 N–H and O–H groups in total. The molecular weight excluding hydrogens is 354 g/mol. The minimum absolute atomic E-state index is 0.191. The first-order chi connectivity index (χ1) is 13.6. The van der Waals surface area contributed by atoms with Crippen LogP contribution >= 0.6 is 0 Å². The Morgan fingerprint density at radius 2 is 1.75 bits per heavy atom. The van der Waals surface area contributed by atoms with Crippen molar-refractivity contribution < 1.29 is 9.90 Å². The molecule has 7 heteroatoms. The maximum atomic E-state index is 11.9. The molecule has 0 saturated heterocycles. The largest absolute Gasteiger partial charge is 0.393 e. The molecular formula is C21H33N5O2. The van der Waals surface area contributed by atoms with Gasteiger partial charge in [-0.25, -0.2) is 4.98 Å². The number of hydrogen-bond donors (Lipinski definition) is 4. The highest BCUT2D eigenvalue weighted by molar-refractivity contribution is 5.97. The van der Waals surface area contributed by atoms with Gasteiger partial charge in [-0.2, -0.15) is 4.98 Å². The number of nitrogens with two attached hydrogens (primary N) is 1. The predicted octanol–water partition coefficient (Wildman–Crippen LogP) is 3.06. The van der Waals surface area contributed by atoms with Crippen LogP contribution in [0.3, 0.4) is 0 Å². The van der Waals surface area contributed by atoms with Crippen molar-refractivity contribution >= 4 is 17.7 Å². The lowest BCUT2D eigenvalue weighted by atomic mass is 9.86. The molecule has 1 aromatic heterocycles. The summed E-state index contributed by atoms with van der Waals surface area (Å²) in [5.41, 5.74) is 5.95. The molecule has 0 spiro atoms. The van der Waals surface area contributed by atoms with Crippen LogP contribution in [0.5, 0.6) is 0 Å². The Labute approximate surface area is 166 Å². The van der Waals surface area contributed by atoms with Crippen LogP contribution in [0.15, 0.2) is 6.20 Å². The van der Waals surface area contributed by atoms with Crippen LogP contribution in [-0.2, 0) is 0 Å². The number of aliphatic hydroxyl groups excluding tert-OH is 1. The molecule has 3 aliphatic rings. The number of rotatable bonds is 6. The van der Waals surface area contributed by atoms with Gasteiger partial charge in [-0.3, -0.25) is 4.79 Å². The summed E-state index contributed by atoms with van der Waals surface area (Å²) >= 11 is 0. The Balaban J connectivity index is 1.48. The van der Waals surface area contributed by atoms with Gasteiger partial charge >= 0.3 is 0 Å². The molecule has 0 radical (unpaired) electrons. The van der Waals surface area contributed by atoms with E-state index in [1.165, 1.54) is 44.7 Å². The minimum atomic E-state index is -0.495. The molecule has 1 heterocycles. The molecule has 3 saturated carbocycles. The van der Waals surface area contributed by atoms with E-state index in [2.05, 4.69) is 20.6 Å². The quantitative estimate of drug-likeness (QED) is 0.597. The lowest BCUT2D eigenvalue weighted by Crippen LogP contribution is -2.31. The van der Waals surface area contributed by atoms with E-state index in [0.717, 1.165) is 38.0 Å². The lowest BCUT2D eigenvalue weighted by molar-refractivity contribution is 0.1000. The van der Waals surface area contributed by atoms with E-state index in [4.69, 9.17) is 5.73 Å². The predicted molar refractivity (Wildman–Crippen MR) is 109 cm³/mol. The van der Waals surface area contributed by atoms with E-state index in [1.54, 1.807) is 0 Å². The van der Waals surface area contributed by atoms with Gasteiger partial charge < -0.3 is 21.5 Å². The van der Waals surface area contributed by atoms with Gasteiger partial charge in [-0.05, 0) is 50.4 Å². The van der Waals surface area contributed by atoms with Crippen molar-refractivity contribution in [3.63, 3.8) is 0 Å². The molecule has 0 aromatic carbocycles. The molecule has 7 nitrogen and oxygen atoms in total. The van der Waals surface area contributed by atoms with Crippen molar-refractivity contribution in [1.29, 1.82) is 0 Å². The zero-order valence-electron chi connectivity index (χ0n) is 16.6. The van der Waals surface area contributed by atoms with Gasteiger partial charge in [0.1, 0.15) is 5.82 Å². The van der Waals surface area contributed by atoms with Gasteiger partial charge in [-0.15, -0.1) is 0 Å². The molecule has 2 unspecified atom stereocenters. The number of nitrogens with zero attached hydrogens (tertiary/aromatic N) is 2. The molecule has 3 aliphatic carbocycles. The Kier molecular flexibility index (Phi) is 5.99. The summed E-state index contributed by atoms with van der Waals surface area (Å²) in [6, 6.07) is 0.613. The number of aliphatic hydroxyl groups is 1. The third-order valence-electron chi connectivity index (χ3n) is 6.98. The van der Waals surface area contributed by atoms with Gasteiger partial charge in [-0.1, -0.05) is 32.1 Å². The van der Waals surface area contributed by atoms with Crippen molar-refractivity contribution in [2.24, 2.45) is 17.6 Å². The van der Waals surface area contributed by atoms with Gasteiger partial charge in [0, 0.05) is 18.3 Å². The second kappa shape index (κ2) is 8.64. The molecule has 154 valence electrons. The highest BCUT2D eigenvalue weighted by Gasteiger charge is 2.35. The van der Waals surface area contributed by atoms with E-state index >= 15 is 0 Å². The van der Waals surface area contributed by atoms with Crippen LogP contribution in [0.1, 0.15) is 81.0 Å². The van der Waals surface area contributed by atoms with Gasteiger partial charge in [0.15, 0.2) is 0 Å². The van der Waals surface area contributed by atoms with Crippen molar-refractivity contribution in [3.8, 4) is 0 Å². The highest BCUT2D eigenvalue weighted by atomic mass is 16.3. The first-order valence-electron chi connectivity index (χ1n) is 11.0. The number of primary amides is 1. The Hall–Kier alpha value is -1.89. The molecule has 4 rings (SSSR count). The second-order valence-electron chi connectivity index (χ2n) is 8.86. The van der Waals surface area contributed by atoms with Crippen LogP contribution in [0.25, 0.3) is 0 Å². The lowest BCUT2D eigenvalue weighted by Gasteiger charge is -2.28. The van der Waals surface area contributed by atoms with E-state index in [9.17, 15) is 9.90 Å². The Morgan fingerprint density at radius 3 is 2.46 bits per heavy atom. The molecule has 1 aromatic rings. The summed E-state index contributed by atoms with van der Waals surface area (Å²) in [6.07, 6.45) is 13.7. The van der Waals surface area contributed by atoms with Crippen molar-refractivity contribution in [1.82, 2.24) is 9.97 Å². The van der Waals surface area contributed by atoms with Crippen LogP contribution in [0, 0.1) is 11.8 Å². The van der Waals surface area contributed by atoms with Crippen LogP contribution in [0.4, 0.5) is 11.8 Å². The highest BCUT2D eigenvalue weighted by Crippen LogP contribution is 2.41. The van der Waals surface area contributed by atoms with Crippen LogP contribution in [0.2, 0.25) is 0 Å². The van der Waals surface area contributed by atoms with Crippen molar-refractivity contribution in [3.05, 3.63) is 11.8 Å². The van der Waals surface area contributed by atoms with Gasteiger partial charge in [0.05, 0.1) is 11.7 Å². The fraction of sp³-hybridized carbons (Fsp3) is 0.762. The van der Waals surface area contributed by atoms with E-state index in [-0.39, 0.29) is 12.1 Å². The molecule has 0 bridgehead atoms. The fourth-order valence-electron chi connectivity index (χ4n) is 5.44. The first kappa shape index (κ1) is 19.4. The van der Waals surface area contributed by atoms with Crippen LogP contribution in [-0.4, -0.2) is 39.2 Å². The molecule has 0 aliphatic heterocycles. The molecule has 3 fully saturated rings. The average molecular weight is 388 g/mol. The normalized spacial score (nSPS) is 31.0. The van der Waals surface area contributed by atoms with E-state index in [0.29, 0.717) is 29.3 Å². The SMILES string of the molecule is NC(=O)c1cnc(NC2CCC(O)CC2)nc1NC1CCCC1C1CCCC1. The third-order valence-corrected chi connectivity index (χ3v) is 6.98.